The molecule has 1 aliphatic rings. The van der Waals surface area contributed by atoms with E-state index in [-0.39, 0.29) is 6.29 Å². The van der Waals surface area contributed by atoms with E-state index in [1.807, 2.05) is 0 Å². The fourth-order valence-corrected chi connectivity index (χ4v) is 3.95. The SMILES string of the molecule is CC/C=C\C/C=C\C/C=C\C/C=C\C/C=C\C/C=C\CCCCCCCCCOC1CCCCO1. The molecule has 1 heterocycles. The molecule has 1 fully saturated rings. The average Bonchev–Trinajstić information content (AvgIpc) is 2.89. The lowest BCUT2D eigenvalue weighted by Gasteiger charge is -2.22. The smallest absolute Gasteiger partial charge is 0.157 e. The van der Waals surface area contributed by atoms with Crippen molar-refractivity contribution in [1.82, 2.24) is 0 Å². The van der Waals surface area contributed by atoms with Crippen LogP contribution < -0.4 is 0 Å². The molecule has 1 saturated heterocycles. The molecule has 1 unspecified atom stereocenters. The molecule has 35 heavy (non-hydrogen) atoms. The highest BCUT2D eigenvalue weighted by molar-refractivity contribution is 5.01. The predicted octanol–water partition coefficient (Wildman–Crippen LogP) is 10.3. The van der Waals surface area contributed by atoms with Crippen LogP contribution in [0.3, 0.4) is 0 Å². The van der Waals surface area contributed by atoms with E-state index in [2.05, 4.69) is 79.8 Å². The fourth-order valence-electron chi connectivity index (χ4n) is 3.95. The molecular formula is C33H54O2. The van der Waals surface area contributed by atoms with E-state index in [0.717, 1.165) is 58.2 Å². The summed E-state index contributed by atoms with van der Waals surface area (Å²) in [5, 5.41) is 0. The predicted molar refractivity (Wildman–Crippen MR) is 155 cm³/mol. The van der Waals surface area contributed by atoms with Crippen molar-refractivity contribution in [3.05, 3.63) is 72.9 Å². The Morgan fingerprint density at radius 1 is 0.571 bits per heavy atom. The zero-order chi connectivity index (χ0) is 24.9. The Kier molecular flexibility index (Phi) is 24.2. The molecule has 0 N–H and O–H groups in total. The molecule has 0 aliphatic carbocycles. The van der Waals surface area contributed by atoms with Crippen molar-refractivity contribution in [3.8, 4) is 0 Å². The number of hydrogen-bond acceptors (Lipinski definition) is 2. The van der Waals surface area contributed by atoms with Gasteiger partial charge in [-0.3, -0.25) is 0 Å². The highest BCUT2D eigenvalue weighted by Gasteiger charge is 2.13. The van der Waals surface area contributed by atoms with Crippen LogP contribution in [-0.4, -0.2) is 19.5 Å². The summed E-state index contributed by atoms with van der Waals surface area (Å²) in [5.41, 5.74) is 0. The summed E-state index contributed by atoms with van der Waals surface area (Å²) in [7, 11) is 0. The number of unbranched alkanes of at least 4 members (excludes halogenated alkanes) is 7. The summed E-state index contributed by atoms with van der Waals surface area (Å²) in [5.74, 6) is 0. The van der Waals surface area contributed by atoms with Gasteiger partial charge in [0.1, 0.15) is 0 Å². The van der Waals surface area contributed by atoms with Gasteiger partial charge in [0.15, 0.2) is 6.29 Å². The highest BCUT2D eigenvalue weighted by Crippen LogP contribution is 2.15. The Balaban J connectivity index is 1.79. The number of ether oxygens (including phenoxy) is 2. The average molecular weight is 483 g/mol. The van der Waals surface area contributed by atoms with Crippen molar-refractivity contribution in [1.29, 1.82) is 0 Å². The van der Waals surface area contributed by atoms with Crippen molar-refractivity contribution in [2.24, 2.45) is 0 Å². The van der Waals surface area contributed by atoms with Gasteiger partial charge in [-0.2, -0.15) is 0 Å². The van der Waals surface area contributed by atoms with Gasteiger partial charge in [-0.15, -0.1) is 0 Å². The molecule has 0 aromatic heterocycles. The van der Waals surface area contributed by atoms with E-state index < -0.39 is 0 Å². The van der Waals surface area contributed by atoms with Crippen LogP contribution in [0.4, 0.5) is 0 Å². The standard InChI is InChI=1S/C33H54O2/c1-2-3-4-5-6-7-8-9-10-11-12-13-14-15-16-17-18-19-20-21-22-23-24-25-26-28-31-34-33-30-27-29-32-35-33/h3-4,6-7,9-10,12-13,15-16,18-19,33H,2,5,8,11,14,17,20-32H2,1H3/b4-3-,7-6-,10-9-,13-12-,16-15-,19-18-. The van der Waals surface area contributed by atoms with Gasteiger partial charge < -0.3 is 9.47 Å². The van der Waals surface area contributed by atoms with Gasteiger partial charge in [0.25, 0.3) is 0 Å². The largest absolute Gasteiger partial charge is 0.353 e. The van der Waals surface area contributed by atoms with Crippen molar-refractivity contribution in [2.75, 3.05) is 13.2 Å². The molecule has 1 aliphatic heterocycles. The minimum atomic E-state index is 0.0813. The number of allylic oxidation sites excluding steroid dienone is 12. The fraction of sp³-hybridized carbons (Fsp3) is 0.636. The molecular weight excluding hydrogens is 428 g/mol. The van der Waals surface area contributed by atoms with Crippen LogP contribution in [0, 0.1) is 0 Å². The molecule has 0 aromatic rings. The maximum atomic E-state index is 5.79. The van der Waals surface area contributed by atoms with E-state index in [1.165, 1.54) is 64.2 Å². The molecule has 0 amide bonds. The van der Waals surface area contributed by atoms with Crippen LogP contribution in [0.1, 0.15) is 116 Å². The highest BCUT2D eigenvalue weighted by atomic mass is 16.7. The second-order valence-corrected chi connectivity index (χ2v) is 9.35. The molecule has 0 aromatic carbocycles. The van der Waals surface area contributed by atoms with E-state index in [4.69, 9.17) is 9.47 Å². The van der Waals surface area contributed by atoms with E-state index in [0.29, 0.717) is 0 Å². The van der Waals surface area contributed by atoms with Crippen LogP contribution in [0.15, 0.2) is 72.9 Å². The first-order valence-electron chi connectivity index (χ1n) is 14.6. The van der Waals surface area contributed by atoms with Crippen molar-refractivity contribution in [3.63, 3.8) is 0 Å². The molecule has 0 bridgehead atoms. The molecule has 2 nitrogen and oxygen atoms in total. The van der Waals surface area contributed by atoms with Gasteiger partial charge in [0, 0.05) is 13.2 Å². The number of rotatable bonds is 22. The third-order valence-corrected chi connectivity index (χ3v) is 6.05. The first kappa shape index (κ1) is 31.4. The summed E-state index contributed by atoms with van der Waals surface area (Å²) < 4.78 is 11.4. The summed E-state index contributed by atoms with van der Waals surface area (Å²) >= 11 is 0. The monoisotopic (exact) mass is 482 g/mol. The first-order valence-corrected chi connectivity index (χ1v) is 14.6. The zero-order valence-electron chi connectivity index (χ0n) is 22.8. The van der Waals surface area contributed by atoms with Gasteiger partial charge >= 0.3 is 0 Å². The quantitative estimate of drug-likeness (QED) is 0.113. The maximum absolute atomic E-state index is 5.79. The summed E-state index contributed by atoms with van der Waals surface area (Å²) in [4.78, 5) is 0. The Morgan fingerprint density at radius 3 is 1.57 bits per heavy atom. The van der Waals surface area contributed by atoms with Gasteiger partial charge in [-0.1, -0.05) is 112 Å². The van der Waals surface area contributed by atoms with Crippen molar-refractivity contribution >= 4 is 0 Å². The van der Waals surface area contributed by atoms with E-state index >= 15 is 0 Å². The van der Waals surface area contributed by atoms with Crippen molar-refractivity contribution in [2.45, 2.75) is 122 Å². The van der Waals surface area contributed by atoms with Gasteiger partial charge in [-0.25, -0.2) is 0 Å². The number of hydrogen-bond donors (Lipinski definition) is 0. The van der Waals surface area contributed by atoms with Crippen LogP contribution in [0.5, 0.6) is 0 Å². The molecule has 0 saturated carbocycles. The van der Waals surface area contributed by atoms with Gasteiger partial charge in [0.05, 0.1) is 0 Å². The topological polar surface area (TPSA) is 18.5 Å². The van der Waals surface area contributed by atoms with Crippen LogP contribution in [0.25, 0.3) is 0 Å². The molecule has 0 radical (unpaired) electrons. The van der Waals surface area contributed by atoms with Crippen LogP contribution >= 0.6 is 0 Å². The van der Waals surface area contributed by atoms with E-state index in [1.54, 1.807) is 0 Å². The van der Waals surface area contributed by atoms with E-state index in [9.17, 15) is 0 Å². The Labute approximate surface area is 218 Å². The molecule has 1 rings (SSSR count). The second-order valence-electron chi connectivity index (χ2n) is 9.35. The summed E-state index contributed by atoms with van der Waals surface area (Å²) in [6.45, 7) is 3.92. The lowest BCUT2D eigenvalue weighted by atomic mass is 10.1. The maximum Gasteiger partial charge on any atom is 0.157 e. The van der Waals surface area contributed by atoms with Crippen LogP contribution in [0.2, 0.25) is 0 Å². The minimum Gasteiger partial charge on any atom is -0.353 e. The molecule has 1 atom stereocenters. The third kappa shape index (κ3) is 23.9. The van der Waals surface area contributed by atoms with Gasteiger partial charge in [0.2, 0.25) is 0 Å². The lowest BCUT2D eigenvalue weighted by molar-refractivity contribution is -0.162. The summed E-state index contributed by atoms with van der Waals surface area (Å²) in [6, 6.07) is 0. The van der Waals surface area contributed by atoms with Gasteiger partial charge in [-0.05, 0) is 77.0 Å². The molecule has 0 spiro atoms. The molecule has 2 heteroatoms. The minimum absolute atomic E-state index is 0.0813. The molecule has 198 valence electrons. The second kappa shape index (κ2) is 27.0. The normalized spacial score (nSPS) is 17.6. The van der Waals surface area contributed by atoms with Crippen molar-refractivity contribution < 1.29 is 9.47 Å². The third-order valence-electron chi connectivity index (χ3n) is 6.05. The van der Waals surface area contributed by atoms with Crippen LogP contribution in [-0.2, 0) is 9.47 Å². The lowest BCUT2D eigenvalue weighted by Crippen LogP contribution is -2.22. The zero-order valence-corrected chi connectivity index (χ0v) is 22.8. The Hall–Kier alpha value is -1.64. The first-order chi connectivity index (χ1) is 17.4. The Bertz CT molecular complexity index is 603. The Morgan fingerprint density at radius 2 is 1.06 bits per heavy atom. The summed E-state index contributed by atoms with van der Waals surface area (Å²) in [6.07, 6.45) is 47.5.